The monoisotopic (exact) mass is 142 g/mol. The molecule has 1 heterocycles. The molecule has 0 aromatic carbocycles. The van der Waals surface area contributed by atoms with Gasteiger partial charge < -0.3 is 4.90 Å². The molecule has 1 heteroatoms. The third-order valence-corrected chi connectivity index (χ3v) is 2.41. The van der Waals surface area contributed by atoms with Crippen LogP contribution in [-0.4, -0.2) is 19.6 Å². The van der Waals surface area contributed by atoms with E-state index in [9.17, 15) is 0 Å². The molecule has 0 radical (unpaired) electrons. The summed E-state index contributed by atoms with van der Waals surface area (Å²) in [6, 6.07) is 0. The Labute approximate surface area is 64.4 Å². The van der Waals surface area contributed by atoms with Gasteiger partial charge in [-0.15, -0.1) is 0 Å². The number of rotatable bonds is 2. The Balaban J connectivity index is 2.15. The van der Waals surface area contributed by atoms with Crippen LogP contribution in [0.4, 0.5) is 0 Å². The lowest BCUT2D eigenvalue weighted by molar-refractivity contribution is -0.899. The van der Waals surface area contributed by atoms with Crippen LogP contribution in [0.2, 0.25) is 0 Å². The first-order valence-electron chi connectivity index (χ1n) is 4.77. The van der Waals surface area contributed by atoms with E-state index in [0.717, 1.165) is 0 Å². The molecule has 0 atom stereocenters. The second kappa shape index (κ2) is 4.73. The molecule has 1 saturated heterocycles. The van der Waals surface area contributed by atoms with E-state index in [1.807, 2.05) is 4.90 Å². The van der Waals surface area contributed by atoms with Crippen molar-refractivity contribution in [3.8, 4) is 0 Å². The highest BCUT2D eigenvalue weighted by molar-refractivity contribution is 4.46. The van der Waals surface area contributed by atoms with Gasteiger partial charge in [0, 0.05) is 0 Å². The van der Waals surface area contributed by atoms with Crippen molar-refractivity contribution in [3.63, 3.8) is 0 Å². The van der Waals surface area contributed by atoms with E-state index < -0.39 is 0 Å². The molecular weight excluding hydrogens is 122 g/mol. The number of hydrogen-bond acceptors (Lipinski definition) is 0. The third-order valence-electron chi connectivity index (χ3n) is 2.41. The van der Waals surface area contributed by atoms with E-state index in [1.165, 1.54) is 51.7 Å². The number of likely N-dealkylation sites (tertiary alicyclic amines) is 1. The maximum Gasteiger partial charge on any atom is 0.0770 e. The number of nitrogens with one attached hydrogen (secondary N) is 1. The molecule has 1 N–H and O–H groups in total. The SMILES string of the molecule is CCC[NH+]1CCCCCC1. The second-order valence-electron chi connectivity index (χ2n) is 3.41. The van der Waals surface area contributed by atoms with Crippen LogP contribution in [-0.2, 0) is 0 Å². The second-order valence-corrected chi connectivity index (χ2v) is 3.41. The van der Waals surface area contributed by atoms with Crippen molar-refractivity contribution in [2.75, 3.05) is 19.6 Å². The van der Waals surface area contributed by atoms with Crippen molar-refractivity contribution in [3.05, 3.63) is 0 Å². The minimum Gasteiger partial charge on any atom is -0.335 e. The first-order chi connectivity index (χ1) is 4.93. The first-order valence-corrected chi connectivity index (χ1v) is 4.77. The molecule has 0 saturated carbocycles. The van der Waals surface area contributed by atoms with E-state index in [1.54, 1.807) is 0 Å². The molecule has 0 spiro atoms. The Morgan fingerprint density at radius 3 is 2.10 bits per heavy atom. The van der Waals surface area contributed by atoms with Gasteiger partial charge in [-0.05, 0) is 32.1 Å². The lowest BCUT2D eigenvalue weighted by Gasteiger charge is -2.15. The highest BCUT2D eigenvalue weighted by Crippen LogP contribution is 1.98. The fourth-order valence-electron chi connectivity index (χ4n) is 1.83. The molecule has 0 bridgehead atoms. The van der Waals surface area contributed by atoms with Crippen molar-refractivity contribution in [2.24, 2.45) is 0 Å². The molecule has 10 heavy (non-hydrogen) atoms. The van der Waals surface area contributed by atoms with E-state index >= 15 is 0 Å². The molecule has 1 aliphatic rings. The lowest BCUT2D eigenvalue weighted by Crippen LogP contribution is -3.11. The highest BCUT2D eigenvalue weighted by atomic mass is 15.1. The Bertz CT molecular complexity index is 72.8. The molecule has 1 aliphatic heterocycles. The molecule has 1 rings (SSSR count). The van der Waals surface area contributed by atoms with E-state index in [2.05, 4.69) is 6.92 Å². The summed E-state index contributed by atoms with van der Waals surface area (Å²) in [6.45, 7) is 6.57. The zero-order chi connectivity index (χ0) is 7.23. The predicted molar refractivity (Wildman–Crippen MR) is 44.3 cm³/mol. The minimum absolute atomic E-state index is 1.36. The van der Waals surface area contributed by atoms with Crippen LogP contribution >= 0.6 is 0 Å². The Morgan fingerprint density at radius 2 is 1.60 bits per heavy atom. The molecular formula is C9H20N+. The van der Waals surface area contributed by atoms with Crippen molar-refractivity contribution >= 4 is 0 Å². The fourth-order valence-corrected chi connectivity index (χ4v) is 1.83. The summed E-state index contributed by atoms with van der Waals surface area (Å²) < 4.78 is 0. The van der Waals surface area contributed by atoms with Gasteiger partial charge in [-0.3, -0.25) is 0 Å². The Morgan fingerprint density at radius 1 is 1.00 bits per heavy atom. The number of hydrogen-bond donors (Lipinski definition) is 1. The van der Waals surface area contributed by atoms with Gasteiger partial charge in [0.05, 0.1) is 19.6 Å². The van der Waals surface area contributed by atoms with Crippen molar-refractivity contribution in [1.29, 1.82) is 0 Å². The van der Waals surface area contributed by atoms with Gasteiger partial charge in [0.1, 0.15) is 0 Å². The summed E-state index contributed by atoms with van der Waals surface area (Å²) >= 11 is 0. The smallest absolute Gasteiger partial charge is 0.0770 e. The molecule has 1 fully saturated rings. The van der Waals surface area contributed by atoms with Crippen molar-refractivity contribution in [1.82, 2.24) is 0 Å². The molecule has 0 amide bonds. The van der Waals surface area contributed by atoms with Gasteiger partial charge in [-0.2, -0.15) is 0 Å². The molecule has 0 aromatic rings. The average molecular weight is 142 g/mol. The van der Waals surface area contributed by atoms with Crippen LogP contribution in [0, 0.1) is 0 Å². The lowest BCUT2D eigenvalue weighted by atomic mass is 10.2. The largest absolute Gasteiger partial charge is 0.335 e. The first kappa shape index (κ1) is 8.06. The number of quaternary nitrogens is 1. The standard InChI is InChI=1S/C9H19N/c1-2-7-10-8-5-3-4-6-9-10/h2-9H2,1H3/p+1. The maximum atomic E-state index is 2.29. The molecule has 60 valence electrons. The molecule has 1 nitrogen and oxygen atoms in total. The van der Waals surface area contributed by atoms with Crippen LogP contribution in [0.3, 0.4) is 0 Å². The average Bonchev–Trinajstić information content (AvgIpc) is 2.17. The third kappa shape index (κ3) is 2.70. The topological polar surface area (TPSA) is 4.44 Å². The molecule has 0 unspecified atom stereocenters. The summed E-state index contributed by atoms with van der Waals surface area (Å²) in [4.78, 5) is 1.85. The summed E-state index contributed by atoms with van der Waals surface area (Å²) in [5.41, 5.74) is 0. The normalized spacial score (nSPS) is 22.5. The van der Waals surface area contributed by atoms with Gasteiger partial charge in [0.25, 0.3) is 0 Å². The van der Waals surface area contributed by atoms with E-state index in [0.29, 0.717) is 0 Å². The Kier molecular flexibility index (Phi) is 3.81. The van der Waals surface area contributed by atoms with Crippen molar-refractivity contribution in [2.45, 2.75) is 39.0 Å². The highest BCUT2D eigenvalue weighted by Gasteiger charge is 2.09. The predicted octanol–water partition coefficient (Wildman–Crippen LogP) is 0.855. The maximum absolute atomic E-state index is 2.29. The van der Waals surface area contributed by atoms with Crippen LogP contribution in [0.15, 0.2) is 0 Å². The van der Waals surface area contributed by atoms with Gasteiger partial charge in [-0.25, -0.2) is 0 Å². The van der Waals surface area contributed by atoms with Gasteiger partial charge in [-0.1, -0.05) is 6.92 Å². The van der Waals surface area contributed by atoms with Crippen LogP contribution in [0.5, 0.6) is 0 Å². The molecule has 0 aromatic heterocycles. The summed E-state index contributed by atoms with van der Waals surface area (Å²) in [6.07, 6.45) is 7.25. The quantitative estimate of drug-likeness (QED) is 0.583. The summed E-state index contributed by atoms with van der Waals surface area (Å²) in [7, 11) is 0. The zero-order valence-corrected chi connectivity index (χ0v) is 7.16. The van der Waals surface area contributed by atoms with Crippen LogP contribution < -0.4 is 4.90 Å². The van der Waals surface area contributed by atoms with E-state index in [-0.39, 0.29) is 0 Å². The Hall–Kier alpha value is -0.0400. The van der Waals surface area contributed by atoms with Gasteiger partial charge in [0.2, 0.25) is 0 Å². The minimum atomic E-state index is 1.36. The molecule has 0 aliphatic carbocycles. The van der Waals surface area contributed by atoms with Crippen molar-refractivity contribution < 1.29 is 4.90 Å². The zero-order valence-electron chi connectivity index (χ0n) is 7.16. The van der Waals surface area contributed by atoms with Crippen LogP contribution in [0.25, 0.3) is 0 Å². The summed E-state index contributed by atoms with van der Waals surface area (Å²) in [5.74, 6) is 0. The van der Waals surface area contributed by atoms with Crippen LogP contribution in [0.1, 0.15) is 39.0 Å². The van der Waals surface area contributed by atoms with Gasteiger partial charge in [0.15, 0.2) is 0 Å². The van der Waals surface area contributed by atoms with E-state index in [4.69, 9.17) is 0 Å². The summed E-state index contributed by atoms with van der Waals surface area (Å²) in [5, 5.41) is 0. The fraction of sp³-hybridized carbons (Fsp3) is 1.00. The van der Waals surface area contributed by atoms with Gasteiger partial charge >= 0.3 is 0 Å².